The molecule has 2 aromatic heterocycles. The van der Waals surface area contributed by atoms with Gasteiger partial charge in [0.15, 0.2) is 5.78 Å². The largest absolute Gasteiger partial charge is 0.343 e. The third-order valence-corrected chi connectivity index (χ3v) is 5.93. The number of piperidine rings is 1. The zero-order valence-corrected chi connectivity index (χ0v) is 17.4. The molecule has 7 nitrogen and oxygen atoms in total. The number of likely N-dealkylation sites (tertiary alicyclic amines) is 1. The number of benzene rings is 1. The number of ketones is 1. The highest BCUT2D eigenvalue weighted by Crippen LogP contribution is 2.23. The molecule has 0 unspecified atom stereocenters. The van der Waals surface area contributed by atoms with E-state index in [0.29, 0.717) is 56.4 Å². The predicted molar refractivity (Wildman–Crippen MR) is 114 cm³/mol. The minimum absolute atomic E-state index is 0.0150. The predicted octanol–water partition coefficient (Wildman–Crippen LogP) is 2.91. The van der Waals surface area contributed by atoms with Crippen LogP contribution in [0.1, 0.15) is 47.4 Å². The normalized spacial score (nSPS) is 14.8. The Morgan fingerprint density at radius 2 is 1.90 bits per heavy atom. The number of aryl methyl sites for hydroxylation is 2. The molecular weight excluding hydrogens is 399 g/mol. The molecular formula is C23H25FN4O3. The van der Waals surface area contributed by atoms with Gasteiger partial charge >= 0.3 is 0 Å². The molecule has 3 heterocycles. The lowest BCUT2D eigenvalue weighted by Crippen LogP contribution is -2.40. The topological polar surface area (TPSA) is 87.5 Å². The number of aromatic nitrogens is 3. The van der Waals surface area contributed by atoms with E-state index in [1.54, 1.807) is 15.5 Å². The van der Waals surface area contributed by atoms with Gasteiger partial charge in [-0.05, 0) is 56.9 Å². The van der Waals surface area contributed by atoms with Crippen LogP contribution in [0.5, 0.6) is 0 Å². The van der Waals surface area contributed by atoms with Crippen molar-refractivity contribution in [2.24, 2.45) is 5.92 Å². The van der Waals surface area contributed by atoms with Crippen LogP contribution in [-0.4, -0.2) is 44.0 Å². The summed E-state index contributed by atoms with van der Waals surface area (Å²) in [5.41, 5.74) is 2.32. The van der Waals surface area contributed by atoms with Crippen molar-refractivity contribution in [3.63, 3.8) is 0 Å². The fourth-order valence-electron chi connectivity index (χ4n) is 4.12. The summed E-state index contributed by atoms with van der Waals surface area (Å²) < 4.78 is 14.8. The van der Waals surface area contributed by atoms with Gasteiger partial charge in [0.1, 0.15) is 5.82 Å². The molecule has 0 atom stereocenters. The Morgan fingerprint density at radius 1 is 1.19 bits per heavy atom. The van der Waals surface area contributed by atoms with Gasteiger partial charge in [0.05, 0.1) is 0 Å². The van der Waals surface area contributed by atoms with E-state index in [1.165, 1.54) is 24.3 Å². The number of carbonyl (C=O) groups is 2. The van der Waals surface area contributed by atoms with Gasteiger partial charge in [0, 0.05) is 54.8 Å². The SMILES string of the molecule is Cc1cnc2c(=O)[nH]c(CCCC(=O)N3CCC(C(=O)c4ccc(F)cc4)CC3)cn12. The maximum Gasteiger partial charge on any atom is 0.291 e. The third-order valence-electron chi connectivity index (χ3n) is 5.93. The highest BCUT2D eigenvalue weighted by atomic mass is 19.1. The van der Waals surface area contributed by atoms with Crippen LogP contribution in [-0.2, 0) is 11.2 Å². The summed E-state index contributed by atoms with van der Waals surface area (Å²) in [5, 5.41) is 0. The molecule has 1 amide bonds. The van der Waals surface area contributed by atoms with E-state index in [-0.39, 0.29) is 29.0 Å². The molecule has 0 spiro atoms. The van der Waals surface area contributed by atoms with Crippen molar-refractivity contribution >= 4 is 17.3 Å². The molecule has 1 aliphatic heterocycles. The first-order valence-electron chi connectivity index (χ1n) is 10.6. The highest BCUT2D eigenvalue weighted by Gasteiger charge is 2.27. The maximum absolute atomic E-state index is 13.1. The number of carbonyl (C=O) groups excluding carboxylic acids is 2. The number of imidazole rings is 1. The number of Topliss-reactive ketones (excluding diaryl/α,β-unsaturated/α-hetero) is 1. The lowest BCUT2D eigenvalue weighted by atomic mass is 9.88. The van der Waals surface area contributed by atoms with E-state index >= 15 is 0 Å². The van der Waals surface area contributed by atoms with Crippen LogP contribution in [0.2, 0.25) is 0 Å². The third kappa shape index (κ3) is 4.57. The maximum atomic E-state index is 13.1. The summed E-state index contributed by atoms with van der Waals surface area (Å²) in [4.78, 5) is 46.0. The summed E-state index contributed by atoms with van der Waals surface area (Å²) in [6.45, 7) is 2.98. The van der Waals surface area contributed by atoms with Gasteiger partial charge in [-0.1, -0.05) is 0 Å². The average molecular weight is 424 g/mol. The van der Waals surface area contributed by atoms with E-state index < -0.39 is 0 Å². The van der Waals surface area contributed by atoms with Crippen LogP contribution < -0.4 is 5.56 Å². The summed E-state index contributed by atoms with van der Waals surface area (Å²) in [6, 6.07) is 5.63. The second-order valence-electron chi connectivity index (χ2n) is 8.08. The zero-order chi connectivity index (χ0) is 22.0. The molecule has 1 aromatic carbocycles. The number of halogens is 1. The molecule has 1 saturated heterocycles. The number of fused-ring (bicyclic) bond motifs is 1. The number of nitrogens with one attached hydrogen (secondary N) is 1. The van der Waals surface area contributed by atoms with Crippen molar-refractivity contribution in [2.75, 3.05) is 13.1 Å². The minimum atomic E-state index is -0.360. The average Bonchev–Trinajstić information content (AvgIpc) is 3.15. The van der Waals surface area contributed by atoms with Crippen LogP contribution in [0.25, 0.3) is 5.65 Å². The number of nitrogens with zero attached hydrogens (tertiary/aromatic N) is 3. The van der Waals surface area contributed by atoms with Crippen LogP contribution in [0.4, 0.5) is 4.39 Å². The summed E-state index contributed by atoms with van der Waals surface area (Å²) in [5.74, 6) is -0.415. The van der Waals surface area contributed by atoms with Crippen LogP contribution in [0.3, 0.4) is 0 Å². The van der Waals surface area contributed by atoms with E-state index in [0.717, 1.165) is 11.4 Å². The summed E-state index contributed by atoms with van der Waals surface area (Å²) >= 11 is 0. The minimum Gasteiger partial charge on any atom is -0.343 e. The van der Waals surface area contributed by atoms with Gasteiger partial charge in [-0.25, -0.2) is 9.37 Å². The summed E-state index contributed by atoms with van der Waals surface area (Å²) in [7, 11) is 0. The number of aromatic amines is 1. The first kappa shape index (κ1) is 21.0. The Bertz CT molecular complexity index is 1160. The van der Waals surface area contributed by atoms with Crippen molar-refractivity contribution in [1.82, 2.24) is 19.3 Å². The summed E-state index contributed by atoms with van der Waals surface area (Å²) in [6.07, 6.45) is 6.35. The number of hydrogen-bond donors (Lipinski definition) is 1. The molecule has 3 aromatic rings. The van der Waals surface area contributed by atoms with E-state index in [4.69, 9.17) is 0 Å². The van der Waals surface area contributed by atoms with Gasteiger partial charge in [-0.2, -0.15) is 0 Å². The molecule has 0 radical (unpaired) electrons. The van der Waals surface area contributed by atoms with Gasteiger partial charge < -0.3 is 9.88 Å². The molecule has 1 N–H and O–H groups in total. The Morgan fingerprint density at radius 3 is 2.61 bits per heavy atom. The standard InChI is InChI=1S/C23H25FN4O3/c1-15-13-25-22-23(31)26-19(14-28(15)22)3-2-4-20(29)27-11-9-17(10-12-27)21(30)16-5-7-18(24)8-6-16/h5-8,13-14,17H,2-4,9-12H2,1H3,(H,26,31). The van der Waals surface area contributed by atoms with Crippen molar-refractivity contribution < 1.29 is 14.0 Å². The second kappa shape index (κ2) is 8.83. The van der Waals surface area contributed by atoms with Gasteiger partial charge in [-0.3, -0.25) is 18.8 Å². The Balaban J connectivity index is 1.27. The monoisotopic (exact) mass is 424 g/mol. The fraction of sp³-hybridized carbons (Fsp3) is 0.391. The molecule has 0 saturated carbocycles. The Labute approximate surface area is 178 Å². The van der Waals surface area contributed by atoms with E-state index in [1.807, 2.05) is 13.1 Å². The van der Waals surface area contributed by atoms with Crippen LogP contribution in [0, 0.1) is 18.7 Å². The Kier molecular flexibility index (Phi) is 5.97. The first-order chi connectivity index (χ1) is 14.9. The lowest BCUT2D eigenvalue weighted by Gasteiger charge is -2.31. The van der Waals surface area contributed by atoms with Gasteiger partial charge in [-0.15, -0.1) is 0 Å². The second-order valence-corrected chi connectivity index (χ2v) is 8.08. The van der Waals surface area contributed by atoms with Gasteiger partial charge in [0.2, 0.25) is 11.6 Å². The van der Waals surface area contributed by atoms with Crippen LogP contribution in [0.15, 0.2) is 41.5 Å². The molecule has 1 aliphatic rings. The molecule has 8 heteroatoms. The number of amides is 1. The quantitative estimate of drug-likeness (QED) is 0.617. The van der Waals surface area contributed by atoms with Crippen molar-refractivity contribution in [2.45, 2.75) is 39.0 Å². The fourth-order valence-corrected chi connectivity index (χ4v) is 4.12. The lowest BCUT2D eigenvalue weighted by molar-refractivity contribution is -0.132. The number of H-pyrrole nitrogens is 1. The smallest absolute Gasteiger partial charge is 0.291 e. The highest BCUT2D eigenvalue weighted by molar-refractivity contribution is 5.98. The molecule has 31 heavy (non-hydrogen) atoms. The molecule has 1 fully saturated rings. The Hall–Kier alpha value is -3.29. The molecule has 0 bridgehead atoms. The van der Waals surface area contributed by atoms with Gasteiger partial charge in [0.25, 0.3) is 5.56 Å². The molecule has 4 rings (SSSR count). The zero-order valence-electron chi connectivity index (χ0n) is 17.4. The van der Waals surface area contributed by atoms with Crippen molar-refractivity contribution in [3.05, 3.63) is 69.8 Å². The van der Waals surface area contributed by atoms with Crippen molar-refractivity contribution in [3.8, 4) is 0 Å². The number of rotatable bonds is 6. The van der Waals surface area contributed by atoms with Crippen molar-refractivity contribution in [1.29, 1.82) is 0 Å². The first-order valence-corrected chi connectivity index (χ1v) is 10.6. The molecule has 162 valence electrons. The number of hydrogen-bond acceptors (Lipinski definition) is 4. The van der Waals surface area contributed by atoms with E-state index in [9.17, 15) is 18.8 Å². The van der Waals surface area contributed by atoms with E-state index in [2.05, 4.69) is 9.97 Å². The van der Waals surface area contributed by atoms with Crippen LogP contribution >= 0.6 is 0 Å². The molecule has 0 aliphatic carbocycles.